The summed E-state index contributed by atoms with van der Waals surface area (Å²) >= 11 is 0. The first-order chi connectivity index (χ1) is 7.00. The molecule has 0 radical (unpaired) electrons. The van der Waals surface area contributed by atoms with E-state index in [4.69, 9.17) is 0 Å². The third-order valence-electron chi connectivity index (χ3n) is 3.68. The Kier molecular flexibility index (Phi) is 4.56. The molecule has 1 rings (SSSR count). The molecule has 90 valence electrons. The van der Waals surface area contributed by atoms with E-state index >= 15 is 0 Å². The molecule has 0 bridgehead atoms. The molecule has 0 aromatic rings. The zero-order chi connectivity index (χ0) is 11.5. The van der Waals surface area contributed by atoms with Crippen molar-refractivity contribution in [2.75, 3.05) is 40.3 Å². The molecule has 0 amide bonds. The maximum absolute atomic E-state index is 9.51. The first-order valence-corrected chi connectivity index (χ1v) is 6.01. The van der Waals surface area contributed by atoms with Gasteiger partial charge in [0.1, 0.15) is 0 Å². The summed E-state index contributed by atoms with van der Waals surface area (Å²) in [5.74, 6) is 0.772. The lowest BCUT2D eigenvalue weighted by molar-refractivity contribution is 0.0740. The van der Waals surface area contributed by atoms with Crippen molar-refractivity contribution in [2.45, 2.75) is 32.2 Å². The lowest BCUT2D eigenvalue weighted by Gasteiger charge is -2.34. The van der Waals surface area contributed by atoms with Crippen LogP contribution in [0.2, 0.25) is 0 Å². The van der Waals surface area contributed by atoms with Gasteiger partial charge in [0, 0.05) is 13.1 Å². The molecule has 1 aliphatic rings. The van der Waals surface area contributed by atoms with Gasteiger partial charge in [-0.1, -0.05) is 13.8 Å². The van der Waals surface area contributed by atoms with Crippen LogP contribution in [0.5, 0.6) is 0 Å². The molecule has 3 nitrogen and oxygen atoms in total. The summed E-state index contributed by atoms with van der Waals surface area (Å²) in [5, 5.41) is 9.51. The smallest absolute Gasteiger partial charge is 0.0628 e. The van der Waals surface area contributed by atoms with E-state index in [0.717, 1.165) is 25.4 Å². The molecule has 0 aromatic carbocycles. The first-order valence-electron chi connectivity index (χ1n) is 6.01. The topological polar surface area (TPSA) is 26.7 Å². The minimum absolute atomic E-state index is 0.0109. The average molecular weight is 214 g/mol. The molecule has 0 spiro atoms. The SMILES string of the molecule is CC(C)CCN1CCC(CO)(N(C)C)C1. The van der Waals surface area contributed by atoms with Crippen molar-refractivity contribution >= 4 is 0 Å². The van der Waals surface area contributed by atoms with Crippen molar-refractivity contribution in [2.24, 2.45) is 5.92 Å². The number of hydrogen-bond acceptors (Lipinski definition) is 3. The molecular formula is C12H26N2O. The average Bonchev–Trinajstić information content (AvgIpc) is 2.59. The van der Waals surface area contributed by atoms with Crippen LogP contribution in [0.15, 0.2) is 0 Å². The Bertz CT molecular complexity index is 194. The second kappa shape index (κ2) is 5.28. The van der Waals surface area contributed by atoms with Crippen molar-refractivity contribution in [3.8, 4) is 0 Å². The summed E-state index contributed by atoms with van der Waals surface area (Å²) in [5.41, 5.74) is 0.0109. The fourth-order valence-corrected chi connectivity index (χ4v) is 2.21. The Morgan fingerprint density at radius 1 is 1.40 bits per heavy atom. The highest BCUT2D eigenvalue weighted by molar-refractivity contribution is 4.96. The molecule has 0 aliphatic carbocycles. The number of likely N-dealkylation sites (N-methyl/N-ethyl adjacent to an activating group) is 1. The minimum atomic E-state index is 0.0109. The van der Waals surface area contributed by atoms with Crippen LogP contribution < -0.4 is 0 Å². The van der Waals surface area contributed by atoms with Gasteiger partial charge in [-0.05, 0) is 39.4 Å². The first kappa shape index (κ1) is 12.9. The number of hydrogen-bond donors (Lipinski definition) is 1. The van der Waals surface area contributed by atoms with Gasteiger partial charge in [0.15, 0.2) is 0 Å². The summed E-state index contributed by atoms with van der Waals surface area (Å²) < 4.78 is 0. The number of rotatable bonds is 5. The lowest BCUT2D eigenvalue weighted by Crippen LogP contribution is -2.49. The Morgan fingerprint density at radius 3 is 2.47 bits per heavy atom. The van der Waals surface area contributed by atoms with Gasteiger partial charge < -0.3 is 14.9 Å². The van der Waals surface area contributed by atoms with Gasteiger partial charge in [-0.25, -0.2) is 0 Å². The van der Waals surface area contributed by atoms with E-state index in [0.29, 0.717) is 0 Å². The Hall–Kier alpha value is -0.120. The lowest BCUT2D eigenvalue weighted by atomic mass is 9.99. The Labute approximate surface area is 94.1 Å². The van der Waals surface area contributed by atoms with E-state index in [1.807, 2.05) is 0 Å². The number of likely N-dealkylation sites (tertiary alicyclic amines) is 1. The second-order valence-corrected chi connectivity index (χ2v) is 5.49. The minimum Gasteiger partial charge on any atom is -0.394 e. The summed E-state index contributed by atoms with van der Waals surface area (Å²) in [6.45, 7) is 8.13. The molecule has 0 saturated carbocycles. The van der Waals surface area contributed by atoms with Gasteiger partial charge in [-0.15, -0.1) is 0 Å². The van der Waals surface area contributed by atoms with E-state index in [1.54, 1.807) is 0 Å². The third kappa shape index (κ3) is 3.16. The van der Waals surface area contributed by atoms with Crippen LogP contribution >= 0.6 is 0 Å². The van der Waals surface area contributed by atoms with Crippen molar-refractivity contribution in [3.63, 3.8) is 0 Å². The highest BCUT2D eigenvalue weighted by Gasteiger charge is 2.39. The molecule has 1 heterocycles. The van der Waals surface area contributed by atoms with Crippen LogP contribution in [-0.2, 0) is 0 Å². The van der Waals surface area contributed by atoms with Gasteiger partial charge >= 0.3 is 0 Å². The zero-order valence-corrected chi connectivity index (χ0v) is 10.7. The predicted molar refractivity (Wildman–Crippen MR) is 64.0 cm³/mol. The maximum Gasteiger partial charge on any atom is 0.0628 e. The highest BCUT2D eigenvalue weighted by atomic mass is 16.3. The normalized spacial score (nSPS) is 28.2. The molecular weight excluding hydrogens is 188 g/mol. The summed E-state index contributed by atoms with van der Waals surface area (Å²) in [6, 6.07) is 0. The monoisotopic (exact) mass is 214 g/mol. The van der Waals surface area contributed by atoms with E-state index in [-0.39, 0.29) is 12.1 Å². The van der Waals surface area contributed by atoms with E-state index in [1.165, 1.54) is 13.0 Å². The quantitative estimate of drug-likeness (QED) is 0.740. The molecule has 1 fully saturated rings. The number of aliphatic hydroxyl groups is 1. The number of nitrogens with zero attached hydrogens (tertiary/aromatic N) is 2. The van der Waals surface area contributed by atoms with Crippen LogP contribution in [0.25, 0.3) is 0 Å². The molecule has 3 heteroatoms. The van der Waals surface area contributed by atoms with E-state index in [2.05, 4.69) is 37.7 Å². The summed E-state index contributed by atoms with van der Waals surface area (Å²) in [7, 11) is 4.14. The maximum atomic E-state index is 9.51. The van der Waals surface area contributed by atoms with E-state index < -0.39 is 0 Å². The fourth-order valence-electron chi connectivity index (χ4n) is 2.21. The van der Waals surface area contributed by atoms with Gasteiger partial charge in [0.05, 0.1) is 12.1 Å². The van der Waals surface area contributed by atoms with Crippen LogP contribution in [0.1, 0.15) is 26.7 Å². The van der Waals surface area contributed by atoms with Gasteiger partial charge in [-0.3, -0.25) is 0 Å². The fraction of sp³-hybridized carbons (Fsp3) is 1.00. The van der Waals surface area contributed by atoms with Gasteiger partial charge in [-0.2, -0.15) is 0 Å². The van der Waals surface area contributed by atoms with Crippen molar-refractivity contribution < 1.29 is 5.11 Å². The van der Waals surface area contributed by atoms with Crippen molar-refractivity contribution in [1.29, 1.82) is 0 Å². The molecule has 1 saturated heterocycles. The van der Waals surface area contributed by atoms with Gasteiger partial charge in [0.25, 0.3) is 0 Å². The number of aliphatic hydroxyl groups excluding tert-OH is 1. The molecule has 1 atom stereocenters. The molecule has 1 aliphatic heterocycles. The third-order valence-corrected chi connectivity index (χ3v) is 3.68. The standard InChI is InChI=1S/C12H26N2O/c1-11(2)5-7-14-8-6-12(9-14,10-15)13(3)4/h11,15H,5-10H2,1-4H3. The Balaban J connectivity index is 2.43. The molecule has 1 unspecified atom stereocenters. The van der Waals surface area contributed by atoms with Crippen LogP contribution in [0.3, 0.4) is 0 Å². The van der Waals surface area contributed by atoms with Crippen LogP contribution in [0.4, 0.5) is 0 Å². The second-order valence-electron chi connectivity index (χ2n) is 5.49. The zero-order valence-electron chi connectivity index (χ0n) is 10.7. The van der Waals surface area contributed by atoms with Gasteiger partial charge in [0.2, 0.25) is 0 Å². The van der Waals surface area contributed by atoms with Crippen molar-refractivity contribution in [1.82, 2.24) is 9.80 Å². The summed E-state index contributed by atoms with van der Waals surface area (Å²) in [4.78, 5) is 4.67. The van der Waals surface area contributed by atoms with Crippen LogP contribution in [-0.4, -0.2) is 60.8 Å². The summed E-state index contributed by atoms with van der Waals surface area (Å²) in [6.07, 6.45) is 2.35. The molecule has 15 heavy (non-hydrogen) atoms. The molecule has 0 aromatic heterocycles. The largest absolute Gasteiger partial charge is 0.394 e. The van der Waals surface area contributed by atoms with E-state index in [9.17, 15) is 5.11 Å². The Morgan fingerprint density at radius 2 is 2.07 bits per heavy atom. The van der Waals surface area contributed by atoms with Crippen molar-refractivity contribution in [3.05, 3.63) is 0 Å². The predicted octanol–water partition coefficient (Wildman–Crippen LogP) is 1.03. The molecule has 1 N–H and O–H groups in total. The van der Waals surface area contributed by atoms with Crippen LogP contribution in [0, 0.1) is 5.92 Å². The highest BCUT2D eigenvalue weighted by Crippen LogP contribution is 2.25.